The molecule has 0 unspecified atom stereocenters. The molecule has 2 N–H and O–H groups in total. The maximum atomic E-state index is 12.8. The minimum absolute atomic E-state index is 0.182. The molecule has 1 aromatic rings. The number of morpholine rings is 1. The summed E-state index contributed by atoms with van der Waals surface area (Å²) in [7, 11) is 0. The van der Waals surface area contributed by atoms with Gasteiger partial charge in [0.05, 0.1) is 13.2 Å². The van der Waals surface area contributed by atoms with Crippen molar-refractivity contribution in [3.05, 3.63) is 34.9 Å². The monoisotopic (exact) mass is 343 g/mol. The maximum absolute atomic E-state index is 12.8. The summed E-state index contributed by atoms with van der Waals surface area (Å²) in [5.41, 5.74) is 9.96. The van der Waals surface area contributed by atoms with Crippen molar-refractivity contribution in [1.29, 1.82) is 0 Å². The average Bonchev–Trinajstić information content (AvgIpc) is 3.06. The number of hydrogen-bond donors (Lipinski definition) is 1. The molecular formula is C20H29N3O2. The smallest absolute Gasteiger partial charge is 0.226 e. The third-order valence-corrected chi connectivity index (χ3v) is 5.94. The van der Waals surface area contributed by atoms with E-state index in [0.717, 1.165) is 71.6 Å². The fourth-order valence-electron chi connectivity index (χ4n) is 4.34. The highest BCUT2D eigenvalue weighted by Crippen LogP contribution is 2.30. The summed E-state index contributed by atoms with van der Waals surface area (Å²) in [6, 6.07) is 7.04. The number of carbonyl (C=O) groups is 1. The van der Waals surface area contributed by atoms with Crippen LogP contribution in [-0.4, -0.2) is 48.1 Å². The number of amides is 1. The average molecular weight is 343 g/mol. The van der Waals surface area contributed by atoms with Crippen LogP contribution in [0.15, 0.2) is 18.2 Å². The van der Waals surface area contributed by atoms with Gasteiger partial charge in [-0.2, -0.15) is 0 Å². The van der Waals surface area contributed by atoms with E-state index in [2.05, 4.69) is 23.1 Å². The molecule has 2 fully saturated rings. The number of rotatable bonds is 3. The molecule has 1 saturated heterocycles. The first-order valence-electron chi connectivity index (χ1n) is 9.64. The summed E-state index contributed by atoms with van der Waals surface area (Å²) in [5.74, 6) is 0.514. The molecule has 1 saturated carbocycles. The van der Waals surface area contributed by atoms with Gasteiger partial charge in [-0.3, -0.25) is 9.69 Å². The number of benzene rings is 1. The largest absolute Gasteiger partial charge is 0.379 e. The van der Waals surface area contributed by atoms with Gasteiger partial charge in [-0.1, -0.05) is 18.2 Å². The Bertz CT molecular complexity index is 619. The fourth-order valence-corrected chi connectivity index (χ4v) is 4.34. The zero-order chi connectivity index (χ0) is 17.2. The summed E-state index contributed by atoms with van der Waals surface area (Å²) < 4.78 is 5.42. The van der Waals surface area contributed by atoms with E-state index >= 15 is 0 Å². The van der Waals surface area contributed by atoms with Crippen LogP contribution in [0.5, 0.6) is 0 Å². The van der Waals surface area contributed by atoms with E-state index in [1.165, 1.54) is 16.7 Å². The van der Waals surface area contributed by atoms with Crippen LogP contribution < -0.4 is 5.73 Å². The lowest BCUT2D eigenvalue weighted by molar-refractivity contribution is -0.137. The van der Waals surface area contributed by atoms with E-state index in [0.29, 0.717) is 11.9 Å². The van der Waals surface area contributed by atoms with E-state index in [4.69, 9.17) is 10.5 Å². The number of ether oxygens (including phenoxy) is 1. The molecule has 2 aliphatic heterocycles. The SMILES string of the molecule is N[C@H]1CC[C@H](C(=O)N2Cc3ccc(CN4CCOCC4)cc3C2)CC1. The third kappa shape index (κ3) is 3.89. The number of fused-ring (bicyclic) bond motifs is 1. The number of nitrogens with two attached hydrogens (primary N) is 1. The van der Waals surface area contributed by atoms with Crippen LogP contribution in [0.25, 0.3) is 0 Å². The number of carbonyl (C=O) groups excluding carboxylic acids is 1. The van der Waals surface area contributed by atoms with Gasteiger partial charge in [0.15, 0.2) is 0 Å². The second-order valence-corrected chi connectivity index (χ2v) is 7.80. The van der Waals surface area contributed by atoms with Crippen LogP contribution in [0.2, 0.25) is 0 Å². The number of nitrogens with zero attached hydrogens (tertiary/aromatic N) is 2. The van der Waals surface area contributed by atoms with Crippen molar-refractivity contribution in [2.75, 3.05) is 26.3 Å². The van der Waals surface area contributed by atoms with Gasteiger partial charge in [0, 0.05) is 44.7 Å². The molecule has 25 heavy (non-hydrogen) atoms. The Hall–Kier alpha value is -1.43. The molecule has 1 amide bonds. The lowest BCUT2D eigenvalue weighted by Gasteiger charge is -2.28. The minimum Gasteiger partial charge on any atom is -0.379 e. The highest BCUT2D eigenvalue weighted by Gasteiger charge is 2.31. The zero-order valence-electron chi connectivity index (χ0n) is 15.0. The van der Waals surface area contributed by atoms with Crippen molar-refractivity contribution in [3.63, 3.8) is 0 Å². The van der Waals surface area contributed by atoms with Crippen LogP contribution >= 0.6 is 0 Å². The molecule has 4 rings (SSSR count). The van der Waals surface area contributed by atoms with E-state index in [-0.39, 0.29) is 5.92 Å². The molecule has 5 nitrogen and oxygen atoms in total. The first-order valence-corrected chi connectivity index (χ1v) is 9.64. The van der Waals surface area contributed by atoms with Crippen molar-refractivity contribution in [2.45, 2.75) is 51.4 Å². The fraction of sp³-hybridized carbons (Fsp3) is 0.650. The molecule has 5 heteroatoms. The van der Waals surface area contributed by atoms with Crippen LogP contribution in [0, 0.1) is 5.92 Å². The molecule has 0 radical (unpaired) electrons. The summed E-state index contributed by atoms with van der Waals surface area (Å²) in [6.07, 6.45) is 3.88. The van der Waals surface area contributed by atoms with Crippen LogP contribution in [0.3, 0.4) is 0 Å². The summed E-state index contributed by atoms with van der Waals surface area (Å²) >= 11 is 0. The van der Waals surface area contributed by atoms with Gasteiger partial charge >= 0.3 is 0 Å². The lowest BCUT2D eigenvalue weighted by Crippen LogP contribution is -2.36. The first kappa shape index (κ1) is 17.0. The molecule has 136 valence electrons. The predicted molar refractivity (Wildman–Crippen MR) is 96.7 cm³/mol. The molecule has 2 heterocycles. The Morgan fingerprint density at radius 3 is 2.56 bits per heavy atom. The van der Waals surface area contributed by atoms with Crippen molar-refractivity contribution in [3.8, 4) is 0 Å². The highest BCUT2D eigenvalue weighted by molar-refractivity contribution is 5.79. The molecule has 0 spiro atoms. The maximum Gasteiger partial charge on any atom is 0.226 e. The third-order valence-electron chi connectivity index (χ3n) is 5.94. The molecule has 3 aliphatic rings. The molecule has 0 atom stereocenters. The molecule has 1 aromatic carbocycles. The van der Waals surface area contributed by atoms with Gasteiger partial charge in [0.25, 0.3) is 0 Å². The molecule has 0 aromatic heterocycles. The van der Waals surface area contributed by atoms with E-state index in [1.807, 2.05) is 4.90 Å². The summed E-state index contributed by atoms with van der Waals surface area (Å²) in [4.78, 5) is 17.3. The van der Waals surface area contributed by atoms with Crippen LogP contribution in [-0.2, 0) is 29.2 Å². The second kappa shape index (κ2) is 7.44. The minimum atomic E-state index is 0.182. The zero-order valence-corrected chi connectivity index (χ0v) is 15.0. The van der Waals surface area contributed by atoms with Crippen molar-refractivity contribution >= 4 is 5.91 Å². The Kier molecular flexibility index (Phi) is 5.06. The molecule has 0 bridgehead atoms. The van der Waals surface area contributed by atoms with E-state index < -0.39 is 0 Å². The number of hydrogen-bond acceptors (Lipinski definition) is 4. The Balaban J connectivity index is 1.37. The van der Waals surface area contributed by atoms with Crippen LogP contribution in [0.4, 0.5) is 0 Å². The van der Waals surface area contributed by atoms with Crippen molar-refractivity contribution in [1.82, 2.24) is 9.80 Å². The van der Waals surface area contributed by atoms with Gasteiger partial charge in [-0.25, -0.2) is 0 Å². The predicted octanol–water partition coefficient (Wildman–Crippen LogP) is 1.88. The Morgan fingerprint density at radius 1 is 1.08 bits per heavy atom. The standard InChI is InChI=1S/C20H29N3O2/c21-19-5-3-16(4-6-19)20(24)23-13-17-2-1-15(11-18(17)14-23)12-22-7-9-25-10-8-22/h1-2,11,16,19H,3-10,12-14,21H2/t16-,19-. The van der Waals surface area contributed by atoms with Gasteiger partial charge in [-0.15, -0.1) is 0 Å². The van der Waals surface area contributed by atoms with E-state index in [1.54, 1.807) is 0 Å². The quantitative estimate of drug-likeness (QED) is 0.910. The molecular weight excluding hydrogens is 314 g/mol. The highest BCUT2D eigenvalue weighted by atomic mass is 16.5. The Labute approximate surface area is 150 Å². The van der Waals surface area contributed by atoms with Gasteiger partial charge in [-0.05, 0) is 42.4 Å². The lowest BCUT2D eigenvalue weighted by atomic mass is 9.85. The second-order valence-electron chi connectivity index (χ2n) is 7.80. The summed E-state index contributed by atoms with van der Waals surface area (Å²) in [5, 5.41) is 0. The topological polar surface area (TPSA) is 58.8 Å². The normalized spacial score (nSPS) is 27.3. The van der Waals surface area contributed by atoms with E-state index in [9.17, 15) is 4.79 Å². The van der Waals surface area contributed by atoms with Gasteiger partial charge < -0.3 is 15.4 Å². The van der Waals surface area contributed by atoms with Crippen molar-refractivity contribution in [2.24, 2.45) is 11.7 Å². The van der Waals surface area contributed by atoms with Gasteiger partial charge in [0.1, 0.15) is 0 Å². The summed E-state index contributed by atoms with van der Waals surface area (Å²) in [6.45, 7) is 6.20. The Morgan fingerprint density at radius 2 is 1.80 bits per heavy atom. The van der Waals surface area contributed by atoms with Crippen molar-refractivity contribution < 1.29 is 9.53 Å². The van der Waals surface area contributed by atoms with Crippen LogP contribution in [0.1, 0.15) is 42.4 Å². The molecule has 1 aliphatic carbocycles. The van der Waals surface area contributed by atoms with Gasteiger partial charge in [0.2, 0.25) is 5.91 Å². The first-order chi connectivity index (χ1) is 12.2.